The molecule has 0 bridgehead atoms. The molecule has 0 rings (SSSR count). The van der Waals surface area contributed by atoms with E-state index in [1.54, 1.807) is 0 Å². The fraction of sp³-hybridized carbons (Fsp3) is 0.967. The van der Waals surface area contributed by atoms with Crippen molar-refractivity contribution < 1.29 is 22.9 Å². The Balaban J connectivity index is 3.71. The number of aliphatic hydroxyl groups excluding tert-OH is 1. The van der Waals surface area contributed by atoms with E-state index in [9.17, 15) is 22.9 Å². The van der Waals surface area contributed by atoms with Gasteiger partial charge in [0.1, 0.15) is 5.25 Å². The summed E-state index contributed by atoms with van der Waals surface area (Å²) in [5.74, 6) is 0.125. The molecule has 2 atom stereocenters. The lowest BCUT2D eigenvalue weighted by Crippen LogP contribution is -2.33. The zero-order valence-corrected chi connectivity index (χ0v) is 25.2. The molecule has 3 N–H and O–H groups in total. The summed E-state index contributed by atoms with van der Waals surface area (Å²) in [5, 5.41) is 12.3. The number of unbranched alkanes of at least 4 members (excludes halogenated alkanes) is 18. The first kappa shape index (κ1) is 36.3. The maximum Gasteiger partial charge on any atom is 0.270 e. The van der Waals surface area contributed by atoms with Crippen LogP contribution in [0.5, 0.6) is 0 Å². The summed E-state index contributed by atoms with van der Waals surface area (Å²) in [4.78, 5) is 12.0. The standard InChI is InChI=1S/C30H61NO5S/c1-3-5-7-9-11-12-13-14-19-23-27-31-30(33)26-22-18-15-17-21-25-29(37(34,35)36)28(32)24-20-16-10-8-6-4-2/h28-29,32H,3-27H2,1-2H3,(H,31,33)(H,34,35,36). The number of rotatable bonds is 28. The van der Waals surface area contributed by atoms with Gasteiger partial charge in [0.25, 0.3) is 10.1 Å². The van der Waals surface area contributed by atoms with E-state index in [-0.39, 0.29) is 12.3 Å². The summed E-state index contributed by atoms with van der Waals surface area (Å²) in [5.41, 5.74) is 0. The van der Waals surface area contributed by atoms with Gasteiger partial charge in [-0.05, 0) is 25.7 Å². The summed E-state index contributed by atoms with van der Waals surface area (Å²) >= 11 is 0. The van der Waals surface area contributed by atoms with Crippen LogP contribution in [0.3, 0.4) is 0 Å². The van der Waals surface area contributed by atoms with Crippen molar-refractivity contribution >= 4 is 16.0 Å². The lowest BCUT2D eigenvalue weighted by molar-refractivity contribution is -0.121. The number of hydrogen-bond acceptors (Lipinski definition) is 4. The van der Waals surface area contributed by atoms with Crippen LogP contribution in [-0.2, 0) is 14.9 Å². The normalized spacial score (nSPS) is 13.5. The largest absolute Gasteiger partial charge is 0.392 e. The first-order valence-corrected chi connectivity index (χ1v) is 17.2. The number of amides is 1. The van der Waals surface area contributed by atoms with E-state index in [4.69, 9.17) is 0 Å². The van der Waals surface area contributed by atoms with Crippen LogP contribution in [0.4, 0.5) is 0 Å². The van der Waals surface area contributed by atoms with Crippen LogP contribution in [0.1, 0.15) is 168 Å². The molecule has 0 radical (unpaired) electrons. The lowest BCUT2D eigenvalue weighted by Gasteiger charge is -2.20. The summed E-state index contributed by atoms with van der Waals surface area (Å²) in [7, 11) is -4.25. The van der Waals surface area contributed by atoms with Crippen molar-refractivity contribution in [1.29, 1.82) is 0 Å². The van der Waals surface area contributed by atoms with Crippen molar-refractivity contribution in [2.75, 3.05) is 6.54 Å². The molecular weight excluding hydrogens is 486 g/mol. The Kier molecular flexibility index (Phi) is 25.2. The number of carbonyl (C=O) groups excluding carboxylic acids is 1. The molecule has 0 aromatic carbocycles. The summed E-state index contributed by atoms with van der Waals surface area (Å²) in [6.45, 7) is 5.18. The molecule has 0 spiro atoms. The van der Waals surface area contributed by atoms with Gasteiger partial charge in [-0.15, -0.1) is 0 Å². The average Bonchev–Trinajstić information content (AvgIpc) is 2.85. The maximum absolute atomic E-state index is 12.0. The predicted octanol–water partition coefficient (Wildman–Crippen LogP) is 8.12. The Morgan fingerprint density at radius 3 is 1.51 bits per heavy atom. The minimum Gasteiger partial charge on any atom is -0.392 e. The molecule has 222 valence electrons. The van der Waals surface area contributed by atoms with E-state index in [2.05, 4.69) is 19.2 Å². The SMILES string of the molecule is CCCCCCCCCCCCNC(=O)CCCCCCCC(C(O)CCCCCCCC)S(=O)(=O)O. The van der Waals surface area contributed by atoms with Gasteiger partial charge in [-0.3, -0.25) is 9.35 Å². The van der Waals surface area contributed by atoms with Crippen LogP contribution in [0.15, 0.2) is 0 Å². The average molecular weight is 548 g/mol. The third-order valence-electron chi connectivity index (χ3n) is 7.41. The summed E-state index contributed by atoms with van der Waals surface area (Å²) < 4.78 is 33.1. The van der Waals surface area contributed by atoms with Crippen molar-refractivity contribution in [2.24, 2.45) is 0 Å². The number of aliphatic hydroxyl groups is 1. The highest BCUT2D eigenvalue weighted by atomic mass is 32.2. The second-order valence-corrected chi connectivity index (χ2v) is 12.7. The highest BCUT2D eigenvalue weighted by Gasteiger charge is 2.29. The van der Waals surface area contributed by atoms with Gasteiger partial charge < -0.3 is 10.4 Å². The molecule has 0 aliphatic heterocycles. The first-order chi connectivity index (χ1) is 17.8. The number of nitrogens with one attached hydrogen (secondary N) is 1. The monoisotopic (exact) mass is 547 g/mol. The van der Waals surface area contributed by atoms with E-state index in [0.29, 0.717) is 19.3 Å². The molecule has 7 heteroatoms. The number of hydrogen-bond donors (Lipinski definition) is 3. The van der Waals surface area contributed by atoms with Crippen molar-refractivity contribution in [3.63, 3.8) is 0 Å². The van der Waals surface area contributed by atoms with Gasteiger partial charge in [0.15, 0.2) is 0 Å². The summed E-state index contributed by atoms with van der Waals surface area (Å²) in [6, 6.07) is 0. The lowest BCUT2D eigenvalue weighted by atomic mass is 10.0. The van der Waals surface area contributed by atoms with Crippen LogP contribution in [0, 0.1) is 0 Å². The van der Waals surface area contributed by atoms with Crippen LogP contribution >= 0.6 is 0 Å². The van der Waals surface area contributed by atoms with Crippen LogP contribution < -0.4 is 5.32 Å². The molecule has 1 amide bonds. The van der Waals surface area contributed by atoms with Gasteiger partial charge >= 0.3 is 0 Å². The quantitative estimate of drug-likeness (QED) is 0.0677. The molecule has 0 saturated heterocycles. The molecule has 0 aromatic heterocycles. The topological polar surface area (TPSA) is 104 Å². The van der Waals surface area contributed by atoms with Crippen molar-refractivity contribution in [3.05, 3.63) is 0 Å². The van der Waals surface area contributed by atoms with E-state index >= 15 is 0 Å². The van der Waals surface area contributed by atoms with Gasteiger partial charge in [0, 0.05) is 13.0 Å². The predicted molar refractivity (Wildman–Crippen MR) is 157 cm³/mol. The van der Waals surface area contributed by atoms with E-state index in [1.807, 2.05) is 0 Å². The smallest absolute Gasteiger partial charge is 0.270 e. The van der Waals surface area contributed by atoms with Gasteiger partial charge in [0.2, 0.25) is 5.91 Å². The zero-order valence-electron chi connectivity index (χ0n) is 24.4. The molecule has 0 aliphatic carbocycles. The van der Waals surface area contributed by atoms with Gasteiger partial charge in [0.05, 0.1) is 6.10 Å². The Hall–Kier alpha value is -0.660. The highest BCUT2D eigenvalue weighted by Crippen LogP contribution is 2.20. The second-order valence-electron chi connectivity index (χ2n) is 11.0. The highest BCUT2D eigenvalue weighted by molar-refractivity contribution is 7.86. The van der Waals surface area contributed by atoms with Crippen LogP contribution in [0.25, 0.3) is 0 Å². The molecule has 6 nitrogen and oxygen atoms in total. The van der Waals surface area contributed by atoms with Crippen molar-refractivity contribution in [3.8, 4) is 0 Å². The fourth-order valence-electron chi connectivity index (χ4n) is 4.95. The maximum atomic E-state index is 12.0. The Morgan fingerprint density at radius 1 is 0.622 bits per heavy atom. The van der Waals surface area contributed by atoms with Gasteiger partial charge in [-0.2, -0.15) is 8.42 Å². The van der Waals surface area contributed by atoms with Gasteiger partial charge in [-0.1, -0.05) is 136 Å². The second kappa shape index (κ2) is 25.6. The third-order valence-corrected chi connectivity index (χ3v) is 8.73. The van der Waals surface area contributed by atoms with Crippen molar-refractivity contribution in [1.82, 2.24) is 5.32 Å². The molecular formula is C30H61NO5S. The molecule has 37 heavy (non-hydrogen) atoms. The first-order valence-electron chi connectivity index (χ1n) is 15.7. The fourth-order valence-corrected chi connectivity index (χ4v) is 5.95. The Bertz CT molecular complexity index is 611. The minimum absolute atomic E-state index is 0.125. The summed E-state index contributed by atoms with van der Waals surface area (Å²) in [6.07, 6.45) is 23.8. The Morgan fingerprint density at radius 2 is 1.03 bits per heavy atom. The molecule has 0 saturated carbocycles. The van der Waals surface area contributed by atoms with Crippen LogP contribution in [-0.4, -0.2) is 41.9 Å². The minimum atomic E-state index is -4.25. The van der Waals surface area contributed by atoms with Gasteiger partial charge in [-0.25, -0.2) is 0 Å². The molecule has 0 fully saturated rings. The molecule has 0 aliphatic rings. The molecule has 2 unspecified atom stereocenters. The van der Waals surface area contributed by atoms with E-state index in [1.165, 1.54) is 77.0 Å². The number of carbonyl (C=O) groups is 1. The van der Waals surface area contributed by atoms with E-state index < -0.39 is 21.5 Å². The third kappa shape index (κ3) is 24.1. The Labute approximate surface area is 229 Å². The van der Waals surface area contributed by atoms with E-state index in [0.717, 1.165) is 57.9 Å². The molecule has 0 aromatic rings. The zero-order chi connectivity index (χ0) is 27.6. The van der Waals surface area contributed by atoms with Crippen molar-refractivity contribution in [2.45, 2.75) is 179 Å². The van der Waals surface area contributed by atoms with Crippen LogP contribution in [0.2, 0.25) is 0 Å². The molecule has 0 heterocycles.